The molecule has 0 aliphatic heterocycles. The lowest BCUT2D eigenvalue weighted by Gasteiger charge is -2.05. The molecule has 0 heteroatoms. The summed E-state index contributed by atoms with van der Waals surface area (Å²) in [7, 11) is 0. The highest BCUT2D eigenvalue weighted by molar-refractivity contribution is 5.64. The summed E-state index contributed by atoms with van der Waals surface area (Å²) in [6.07, 6.45) is 4.46. The van der Waals surface area contributed by atoms with Gasteiger partial charge in [0.05, 0.1) is 0 Å². The number of hydrogen-bond donors (Lipinski definition) is 0. The summed E-state index contributed by atoms with van der Waals surface area (Å²) in [5, 5.41) is 0. The van der Waals surface area contributed by atoms with Crippen LogP contribution in [0.2, 0.25) is 0 Å². The van der Waals surface area contributed by atoms with Crippen molar-refractivity contribution in [2.45, 2.75) is 19.8 Å². The summed E-state index contributed by atoms with van der Waals surface area (Å²) in [4.78, 5) is 0. The molecule has 84 valence electrons. The zero-order chi connectivity index (χ0) is 11.7. The first-order valence-corrected chi connectivity index (χ1v) is 6.14. The van der Waals surface area contributed by atoms with Crippen molar-refractivity contribution >= 4 is 6.08 Å². The maximum atomic E-state index is 2.33. The van der Waals surface area contributed by atoms with Crippen molar-refractivity contribution in [1.29, 1.82) is 0 Å². The maximum absolute atomic E-state index is 2.33. The van der Waals surface area contributed by atoms with Gasteiger partial charge in [-0.05, 0) is 42.0 Å². The summed E-state index contributed by atoms with van der Waals surface area (Å²) in [5.41, 5.74) is 7.14. The molecule has 0 spiro atoms. The lowest BCUT2D eigenvalue weighted by molar-refractivity contribution is 1.16. The highest BCUT2D eigenvalue weighted by Gasteiger charge is 2.09. The van der Waals surface area contributed by atoms with Crippen LogP contribution in [0, 0.1) is 0 Å². The van der Waals surface area contributed by atoms with E-state index in [9.17, 15) is 0 Å². The quantitative estimate of drug-likeness (QED) is 0.710. The first kappa shape index (κ1) is 10.3. The predicted octanol–water partition coefficient (Wildman–Crippen LogP) is 4.24. The van der Waals surface area contributed by atoms with Crippen LogP contribution in [-0.2, 0) is 12.8 Å². The molecule has 0 saturated carbocycles. The fourth-order valence-corrected chi connectivity index (χ4v) is 2.50. The fourth-order valence-electron chi connectivity index (χ4n) is 2.50. The summed E-state index contributed by atoms with van der Waals surface area (Å²) in [6, 6.07) is 17.5. The third-order valence-electron chi connectivity index (χ3n) is 3.33. The predicted molar refractivity (Wildman–Crippen MR) is 73.0 cm³/mol. The molecule has 0 bridgehead atoms. The minimum Gasteiger partial charge on any atom is -0.0683 e. The molecule has 2 aromatic rings. The van der Waals surface area contributed by atoms with Crippen LogP contribution in [0.5, 0.6) is 0 Å². The van der Waals surface area contributed by atoms with E-state index in [0.717, 1.165) is 12.8 Å². The van der Waals surface area contributed by atoms with Gasteiger partial charge < -0.3 is 0 Å². The average molecular weight is 220 g/mol. The Morgan fingerprint density at radius 2 is 1.76 bits per heavy atom. The Bertz CT molecular complexity index is 562. The smallest absolute Gasteiger partial charge is 0.00256 e. The molecule has 0 N–H and O–H groups in total. The number of hydrogen-bond acceptors (Lipinski definition) is 0. The van der Waals surface area contributed by atoms with Gasteiger partial charge in [0.25, 0.3) is 0 Å². The lowest BCUT2D eigenvalue weighted by Crippen LogP contribution is -1.90. The van der Waals surface area contributed by atoms with Crippen molar-refractivity contribution in [3.05, 3.63) is 76.4 Å². The number of rotatable bonds is 2. The second-order valence-electron chi connectivity index (χ2n) is 4.86. The normalized spacial score (nSPS) is 13.4. The largest absolute Gasteiger partial charge is 0.0683 e. The monoisotopic (exact) mass is 220 g/mol. The zero-order valence-electron chi connectivity index (χ0n) is 10.1. The second-order valence-corrected chi connectivity index (χ2v) is 4.86. The standard InChI is InChI=1S/C17H16/c1-13-9-16-8-7-15(12-17(16)10-13)11-14-5-3-2-4-6-14/h2-8,10,12H,9,11H2,1H3. The van der Waals surface area contributed by atoms with E-state index >= 15 is 0 Å². The van der Waals surface area contributed by atoms with Crippen molar-refractivity contribution in [1.82, 2.24) is 0 Å². The lowest BCUT2D eigenvalue weighted by atomic mass is 10.0. The van der Waals surface area contributed by atoms with Crippen molar-refractivity contribution in [3.63, 3.8) is 0 Å². The van der Waals surface area contributed by atoms with Crippen LogP contribution in [0.4, 0.5) is 0 Å². The van der Waals surface area contributed by atoms with E-state index in [0.29, 0.717) is 0 Å². The van der Waals surface area contributed by atoms with E-state index in [4.69, 9.17) is 0 Å². The molecule has 0 nitrogen and oxygen atoms in total. The topological polar surface area (TPSA) is 0 Å². The van der Waals surface area contributed by atoms with Gasteiger partial charge in [0, 0.05) is 0 Å². The molecule has 0 radical (unpaired) electrons. The molecule has 0 aromatic heterocycles. The first-order valence-electron chi connectivity index (χ1n) is 6.14. The number of allylic oxidation sites excluding steroid dienone is 1. The Hall–Kier alpha value is -1.82. The summed E-state index contributed by atoms with van der Waals surface area (Å²) in [6.45, 7) is 2.21. The minimum atomic E-state index is 1.03. The van der Waals surface area contributed by atoms with Gasteiger partial charge in [-0.3, -0.25) is 0 Å². The molecule has 0 amide bonds. The zero-order valence-corrected chi connectivity index (χ0v) is 10.1. The van der Waals surface area contributed by atoms with Gasteiger partial charge in [-0.1, -0.05) is 60.2 Å². The van der Waals surface area contributed by atoms with Crippen LogP contribution in [0.3, 0.4) is 0 Å². The van der Waals surface area contributed by atoms with E-state index in [-0.39, 0.29) is 0 Å². The van der Waals surface area contributed by atoms with Gasteiger partial charge >= 0.3 is 0 Å². The van der Waals surface area contributed by atoms with Crippen molar-refractivity contribution < 1.29 is 0 Å². The highest BCUT2D eigenvalue weighted by Crippen LogP contribution is 2.26. The van der Waals surface area contributed by atoms with Gasteiger partial charge in [-0.15, -0.1) is 0 Å². The van der Waals surface area contributed by atoms with Crippen LogP contribution >= 0.6 is 0 Å². The molecule has 3 rings (SSSR count). The molecule has 17 heavy (non-hydrogen) atoms. The first-order chi connectivity index (χ1) is 8.31. The van der Waals surface area contributed by atoms with Crippen LogP contribution in [0.25, 0.3) is 6.08 Å². The van der Waals surface area contributed by atoms with Crippen LogP contribution in [0.1, 0.15) is 29.2 Å². The van der Waals surface area contributed by atoms with E-state index in [2.05, 4.69) is 61.5 Å². The molecule has 0 fully saturated rings. The third kappa shape index (κ3) is 2.16. The van der Waals surface area contributed by atoms with Gasteiger partial charge in [0.15, 0.2) is 0 Å². The van der Waals surface area contributed by atoms with Crippen LogP contribution in [-0.4, -0.2) is 0 Å². The van der Waals surface area contributed by atoms with E-state index < -0.39 is 0 Å². The number of benzene rings is 2. The van der Waals surface area contributed by atoms with Crippen molar-refractivity contribution in [2.75, 3.05) is 0 Å². The van der Waals surface area contributed by atoms with Crippen molar-refractivity contribution in [3.8, 4) is 0 Å². The Kier molecular flexibility index (Phi) is 2.56. The Balaban J connectivity index is 1.88. The molecule has 0 saturated heterocycles. The molecule has 1 aliphatic carbocycles. The Labute approximate surface area is 103 Å². The van der Waals surface area contributed by atoms with Gasteiger partial charge in [-0.25, -0.2) is 0 Å². The van der Waals surface area contributed by atoms with Crippen molar-refractivity contribution in [2.24, 2.45) is 0 Å². The van der Waals surface area contributed by atoms with Gasteiger partial charge in [0.1, 0.15) is 0 Å². The molecule has 0 heterocycles. The summed E-state index contributed by atoms with van der Waals surface area (Å²) in [5.74, 6) is 0. The Morgan fingerprint density at radius 3 is 2.59 bits per heavy atom. The molecule has 1 aliphatic rings. The van der Waals surface area contributed by atoms with Gasteiger partial charge in [-0.2, -0.15) is 0 Å². The van der Waals surface area contributed by atoms with E-state index in [1.165, 1.54) is 27.8 Å². The molecule has 0 atom stereocenters. The maximum Gasteiger partial charge on any atom is -0.00256 e. The van der Waals surface area contributed by atoms with Gasteiger partial charge in [0.2, 0.25) is 0 Å². The third-order valence-corrected chi connectivity index (χ3v) is 3.33. The highest BCUT2D eigenvalue weighted by atomic mass is 14.1. The number of fused-ring (bicyclic) bond motifs is 1. The van der Waals surface area contributed by atoms with Crippen LogP contribution in [0.15, 0.2) is 54.1 Å². The van der Waals surface area contributed by atoms with E-state index in [1.807, 2.05) is 0 Å². The molecule has 2 aromatic carbocycles. The fraction of sp³-hybridized carbons (Fsp3) is 0.176. The second kappa shape index (κ2) is 4.21. The van der Waals surface area contributed by atoms with E-state index in [1.54, 1.807) is 0 Å². The average Bonchev–Trinajstić information content (AvgIpc) is 2.70. The SMILES string of the molecule is CC1=Cc2cc(Cc3ccccc3)ccc2C1. The van der Waals surface area contributed by atoms with Crippen LogP contribution < -0.4 is 0 Å². The molecular weight excluding hydrogens is 204 g/mol. The molecular formula is C17H16. The minimum absolute atomic E-state index is 1.03. The Morgan fingerprint density at radius 1 is 0.941 bits per heavy atom. The molecule has 0 unspecified atom stereocenters. The summed E-state index contributed by atoms with van der Waals surface area (Å²) >= 11 is 0. The summed E-state index contributed by atoms with van der Waals surface area (Å²) < 4.78 is 0.